The van der Waals surface area contributed by atoms with Crippen molar-refractivity contribution in [3.8, 4) is 5.75 Å². The van der Waals surface area contributed by atoms with Gasteiger partial charge < -0.3 is 15.0 Å². The van der Waals surface area contributed by atoms with Crippen molar-refractivity contribution in [3.63, 3.8) is 0 Å². The van der Waals surface area contributed by atoms with Gasteiger partial charge in [0.25, 0.3) is 15.9 Å². The maximum absolute atomic E-state index is 12.6. The predicted octanol–water partition coefficient (Wildman–Crippen LogP) is 3.28. The number of nitrogens with zero attached hydrogens (tertiary/aromatic N) is 2. The first-order valence-corrected chi connectivity index (χ1v) is 9.99. The maximum atomic E-state index is 12.6. The van der Waals surface area contributed by atoms with Gasteiger partial charge in [0.2, 0.25) is 0 Å². The zero-order chi connectivity index (χ0) is 19.6. The van der Waals surface area contributed by atoms with Gasteiger partial charge in [0.05, 0.1) is 18.5 Å². The van der Waals surface area contributed by atoms with Crippen LogP contribution in [0.1, 0.15) is 30.6 Å². The van der Waals surface area contributed by atoms with Gasteiger partial charge >= 0.3 is 0 Å². The third kappa shape index (κ3) is 3.66. The van der Waals surface area contributed by atoms with E-state index in [4.69, 9.17) is 4.74 Å². The standard InChI is InChI=1S/C19H21N3O4S/c1-4-11-22-13(2)21-27(24,25)18-12-14(9-10-16(18)22)19(23)20-15-7-5-6-8-17(15)26-3/h5-10,12H,4,11H2,1-3H3,(H,20,23). The Hall–Kier alpha value is -2.87. The number of para-hydroxylation sites is 2. The minimum atomic E-state index is -3.84. The Kier molecular flexibility index (Phi) is 5.18. The highest BCUT2D eigenvalue weighted by Gasteiger charge is 2.29. The van der Waals surface area contributed by atoms with Gasteiger partial charge in [0, 0.05) is 12.1 Å². The lowest BCUT2D eigenvalue weighted by Crippen LogP contribution is -2.34. The third-order valence-corrected chi connectivity index (χ3v) is 5.62. The predicted molar refractivity (Wildman–Crippen MR) is 105 cm³/mol. The van der Waals surface area contributed by atoms with E-state index < -0.39 is 15.9 Å². The summed E-state index contributed by atoms with van der Waals surface area (Å²) >= 11 is 0. The second-order valence-electron chi connectivity index (χ2n) is 6.10. The lowest BCUT2D eigenvalue weighted by atomic mass is 10.1. The quantitative estimate of drug-likeness (QED) is 0.851. The number of anilines is 2. The first-order valence-electron chi connectivity index (χ1n) is 8.55. The number of carbonyl (C=O) groups is 1. The monoisotopic (exact) mass is 387 g/mol. The molecule has 142 valence electrons. The van der Waals surface area contributed by atoms with E-state index >= 15 is 0 Å². The number of nitrogens with one attached hydrogen (secondary N) is 1. The lowest BCUT2D eigenvalue weighted by Gasteiger charge is -2.29. The van der Waals surface area contributed by atoms with Crippen LogP contribution in [0.5, 0.6) is 5.75 Å². The number of methoxy groups -OCH3 is 1. The van der Waals surface area contributed by atoms with Crippen LogP contribution in [0.3, 0.4) is 0 Å². The number of benzene rings is 2. The molecule has 2 aromatic carbocycles. The summed E-state index contributed by atoms with van der Waals surface area (Å²) < 4.78 is 34.1. The van der Waals surface area contributed by atoms with Gasteiger partial charge in [-0.15, -0.1) is 4.40 Å². The number of hydrogen-bond donors (Lipinski definition) is 1. The van der Waals surface area contributed by atoms with Crippen LogP contribution in [-0.4, -0.2) is 33.8 Å². The molecule has 0 aromatic heterocycles. The molecule has 0 aliphatic carbocycles. The fourth-order valence-electron chi connectivity index (χ4n) is 2.98. The van der Waals surface area contributed by atoms with E-state index in [9.17, 15) is 13.2 Å². The van der Waals surface area contributed by atoms with Crippen LogP contribution in [0.2, 0.25) is 0 Å². The number of fused-ring (bicyclic) bond motifs is 1. The summed E-state index contributed by atoms with van der Waals surface area (Å²) in [5, 5.41) is 2.75. The van der Waals surface area contributed by atoms with Crippen LogP contribution in [0.4, 0.5) is 11.4 Å². The Balaban J connectivity index is 1.98. The maximum Gasteiger partial charge on any atom is 0.286 e. The molecular weight excluding hydrogens is 366 g/mol. The fraction of sp³-hybridized carbons (Fsp3) is 0.263. The Morgan fingerprint density at radius 1 is 1.22 bits per heavy atom. The van der Waals surface area contributed by atoms with E-state index in [1.165, 1.54) is 13.2 Å². The topological polar surface area (TPSA) is 88.1 Å². The van der Waals surface area contributed by atoms with Crippen molar-refractivity contribution in [2.45, 2.75) is 25.2 Å². The molecule has 1 aliphatic heterocycles. The van der Waals surface area contributed by atoms with Crippen molar-refractivity contribution in [1.29, 1.82) is 0 Å². The number of sulfonamides is 1. The van der Waals surface area contributed by atoms with Crippen molar-refractivity contribution in [2.24, 2.45) is 4.40 Å². The van der Waals surface area contributed by atoms with Crippen LogP contribution in [0.25, 0.3) is 0 Å². The van der Waals surface area contributed by atoms with E-state index in [-0.39, 0.29) is 10.5 Å². The number of rotatable bonds is 5. The molecule has 1 heterocycles. The highest BCUT2D eigenvalue weighted by molar-refractivity contribution is 7.90. The van der Waals surface area contributed by atoms with Gasteiger partial charge in [0.15, 0.2) is 0 Å². The van der Waals surface area contributed by atoms with Crippen LogP contribution < -0.4 is 15.0 Å². The highest BCUT2D eigenvalue weighted by Crippen LogP contribution is 2.33. The molecule has 1 amide bonds. The highest BCUT2D eigenvalue weighted by atomic mass is 32.2. The van der Waals surface area contributed by atoms with Gasteiger partial charge in [-0.2, -0.15) is 8.42 Å². The molecule has 0 saturated heterocycles. The third-order valence-electron chi connectivity index (χ3n) is 4.24. The first-order chi connectivity index (χ1) is 12.9. The number of ether oxygens (including phenoxy) is 1. The number of carbonyl (C=O) groups excluding carboxylic acids is 1. The largest absolute Gasteiger partial charge is 0.495 e. The molecule has 0 atom stereocenters. The zero-order valence-electron chi connectivity index (χ0n) is 15.4. The molecule has 8 heteroatoms. The molecule has 3 rings (SSSR count). The fourth-order valence-corrected chi connectivity index (χ4v) is 4.24. The Labute approximate surface area is 158 Å². The van der Waals surface area contributed by atoms with Crippen LogP contribution in [0, 0.1) is 0 Å². The minimum absolute atomic E-state index is 0.0363. The average Bonchev–Trinajstić information content (AvgIpc) is 2.65. The number of amides is 1. The van der Waals surface area contributed by atoms with Gasteiger partial charge in [0.1, 0.15) is 16.5 Å². The number of hydrogen-bond acceptors (Lipinski definition) is 5. The summed E-state index contributed by atoms with van der Waals surface area (Å²) in [6.45, 7) is 4.31. The molecule has 0 fully saturated rings. The summed E-state index contributed by atoms with van der Waals surface area (Å²) in [5.74, 6) is 0.521. The van der Waals surface area contributed by atoms with Crippen molar-refractivity contribution in [3.05, 3.63) is 48.0 Å². The van der Waals surface area contributed by atoms with Crippen LogP contribution in [-0.2, 0) is 10.0 Å². The smallest absolute Gasteiger partial charge is 0.286 e. The van der Waals surface area contributed by atoms with E-state index in [2.05, 4.69) is 9.71 Å². The molecule has 0 radical (unpaired) electrons. The van der Waals surface area contributed by atoms with Crippen LogP contribution in [0.15, 0.2) is 51.8 Å². The zero-order valence-corrected chi connectivity index (χ0v) is 16.2. The first kappa shape index (κ1) is 18.9. The second kappa shape index (κ2) is 7.40. The molecule has 1 N–H and O–H groups in total. The summed E-state index contributed by atoms with van der Waals surface area (Å²) in [6.07, 6.45) is 0.836. The molecule has 27 heavy (non-hydrogen) atoms. The molecule has 7 nitrogen and oxygen atoms in total. The molecule has 1 aliphatic rings. The van der Waals surface area contributed by atoms with Gasteiger partial charge in [-0.25, -0.2) is 0 Å². The van der Waals surface area contributed by atoms with E-state index in [1.54, 1.807) is 43.3 Å². The van der Waals surface area contributed by atoms with Crippen LogP contribution >= 0.6 is 0 Å². The van der Waals surface area contributed by atoms with Crippen molar-refractivity contribution in [2.75, 3.05) is 23.9 Å². The average molecular weight is 387 g/mol. The second-order valence-corrected chi connectivity index (χ2v) is 7.67. The molecule has 2 aromatic rings. The minimum Gasteiger partial charge on any atom is -0.495 e. The molecule has 0 unspecified atom stereocenters. The SMILES string of the molecule is CCCN1C(C)=NS(=O)(=O)c2cc(C(=O)Nc3ccccc3OC)ccc21. The van der Waals surface area contributed by atoms with E-state index in [0.29, 0.717) is 29.5 Å². The normalized spacial score (nSPS) is 14.9. The van der Waals surface area contributed by atoms with Crippen molar-refractivity contribution < 1.29 is 17.9 Å². The Bertz CT molecular complexity index is 1020. The lowest BCUT2D eigenvalue weighted by molar-refractivity contribution is 0.102. The van der Waals surface area contributed by atoms with Crippen molar-refractivity contribution in [1.82, 2.24) is 0 Å². The van der Waals surface area contributed by atoms with Gasteiger partial charge in [-0.1, -0.05) is 19.1 Å². The Morgan fingerprint density at radius 2 is 1.96 bits per heavy atom. The summed E-state index contributed by atoms with van der Waals surface area (Å²) in [7, 11) is -2.33. The molecule has 0 saturated carbocycles. The summed E-state index contributed by atoms with van der Waals surface area (Å²) in [6, 6.07) is 11.6. The molecular formula is C19H21N3O4S. The molecule has 0 spiro atoms. The van der Waals surface area contributed by atoms with Crippen molar-refractivity contribution >= 4 is 33.1 Å². The van der Waals surface area contributed by atoms with E-state index in [0.717, 1.165) is 6.42 Å². The van der Waals surface area contributed by atoms with Gasteiger partial charge in [-0.05, 0) is 43.7 Å². The number of amidine groups is 1. The van der Waals surface area contributed by atoms with E-state index in [1.807, 2.05) is 11.8 Å². The Morgan fingerprint density at radius 3 is 2.67 bits per heavy atom. The van der Waals surface area contributed by atoms with Gasteiger partial charge in [-0.3, -0.25) is 4.79 Å². The molecule has 0 bridgehead atoms. The summed E-state index contributed by atoms with van der Waals surface area (Å²) in [4.78, 5) is 14.5. The summed E-state index contributed by atoms with van der Waals surface area (Å²) in [5.41, 5.74) is 1.28.